The number of primary amides is 1. The predicted octanol–water partition coefficient (Wildman–Crippen LogP) is 0.228. The molecule has 0 saturated carbocycles. The van der Waals surface area contributed by atoms with Gasteiger partial charge in [0.25, 0.3) is 0 Å². The number of aryl methyl sites for hydroxylation is 2. The third-order valence-corrected chi connectivity index (χ3v) is 4.25. The highest BCUT2D eigenvalue weighted by Crippen LogP contribution is 2.16. The molecule has 27 heavy (non-hydrogen) atoms. The van der Waals surface area contributed by atoms with Crippen molar-refractivity contribution in [2.45, 2.75) is 58.8 Å². The lowest BCUT2D eigenvalue weighted by molar-refractivity contribution is -0.121. The molecule has 2 aromatic heterocycles. The maximum absolute atomic E-state index is 11.8. The fourth-order valence-electron chi connectivity index (χ4n) is 3.10. The first kappa shape index (κ1) is 19.0. The molecule has 10 heteroatoms. The van der Waals surface area contributed by atoms with Crippen molar-refractivity contribution in [3.05, 3.63) is 29.2 Å². The number of nitrogens with zero attached hydrogens (tertiary/aromatic N) is 5. The number of nitrogens with two attached hydrogens (primary N) is 1. The minimum Gasteiger partial charge on any atom is -0.361 e. The molecule has 0 aliphatic carbocycles. The third kappa shape index (κ3) is 5.13. The summed E-state index contributed by atoms with van der Waals surface area (Å²) in [6.45, 7) is 6.72. The first-order valence-electron chi connectivity index (χ1n) is 9.10. The van der Waals surface area contributed by atoms with Gasteiger partial charge in [-0.3, -0.25) is 19.2 Å². The van der Waals surface area contributed by atoms with Crippen LogP contribution in [0.1, 0.15) is 54.6 Å². The van der Waals surface area contributed by atoms with Crippen molar-refractivity contribution in [3.63, 3.8) is 0 Å². The number of carbonyl (C=O) groups excluding carboxylic acids is 2. The maximum atomic E-state index is 11.8. The van der Waals surface area contributed by atoms with Gasteiger partial charge in [-0.25, -0.2) is 0 Å². The van der Waals surface area contributed by atoms with Crippen LogP contribution >= 0.6 is 0 Å². The summed E-state index contributed by atoms with van der Waals surface area (Å²) in [6.07, 6.45) is 1.98. The topological polar surface area (TPSA) is 132 Å². The molecule has 0 saturated heterocycles. The van der Waals surface area contributed by atoms with Gasteiger partial charge in [-0.05, 0) is 26.3 Å². The quantitative estimate of drug-likeness (QED) is 0.708. The van der Waals surface area contributed by atoms with Crippen molar-refractivity contribution in [1.82, 2.24) is 30.1 Å². The molecule has 0 atom stereocenters. The van der Waals surface area contributed by atoms with E-state index in [2.05, 4.69) is 25.5 Å². The van der Waals surface area contributed by atoms with Gasteiger partial charge in [0.2, 0.25) is 5.91 Å². The van der Waals surface area contributed by atoms with E-state index in [9.17, 15) is 9.59 Å². The Morgan fingerprint density at radius 1 is 1.37 bits per heavy atom. The summed E-state index contributed by atoms with van der Waals surface area (Å²) in [4.78, 5) is 29.1. The molecular weight excluding hydrogens is 350 g/mol. The Morgan fingerprint density at radius 2 is 2.19 bits per heavy atom. The molecule has 2 aromatic rings. The van der Waals surface area contributed by atoms with Gasteiger partial charge in [-0.1, -0.05) is 5.16 Å². The second-order valence-corrected chi connectivity index (χ2v) is 7.02. The van der Waals surface area contributed by atoms with Gasteiger partial charge < -0.3 is 15.6 Å². The molecule has 146 valence electrons. The lowest BCUT2D eigenvalue weighted by Crippen LogP contribution is -2.30. The predicted molar refractivity (Wildman–Crippen MR) is 95.4 cm³/mol. The van der Waals surface area contributed by atoms with Gasteiger partial charge in [0.05, 0.1) is 17.9 Å². The van der Waals surface area contributed by atoms with Crippen LogP contribution in [0.15, 0.2) is 10.6 Å². The summed E-state index contributed by atoms with van der Waals surface area (Å²) < 4.78 is 6.84. The first-order chi connectivity index (χ1) is 12.9. The zero-order valence-corrected chi connectivity index (χ0v) is 15.6. The van der Waals surface area contributed by atoms with Crippen LogP contribution in [0.4, 0.5) is 0 Å². The van der Waals surface area contributed by atoms with Crippen LogP contribution in [-0.4, -0.2) is 49.2 Å². The number of hydrogen-bond acceptors (Lipinski definition) is 7. The zero-order chi connectivity index (χ0) is 19.4. The summed E-state index contributed by atoms with van der Waals surface area (Å²) in [5.74, 6) is -0.430. The molecule has 0 spiro atoms. The number of amides is 2. The highest BCUT2D eigenvalue weighted by Gasteiger charge is 2.20. The molecule has 3 heterocycles. The van der Waals surface area contributed by atoms with Crippen molar-refractivity contribution in [1.29, 1.82) is 0 Å². The molecule has 2 amide bonds. The van der Waals surface area contributed by atoms with Gasteiger partial charge in [0.1, 0.15) is 0 Å². The molecule has 0 bridgehead atoms. The van der Waals surface area contributed by atoms with Gasteiger partial charge in [-0.15, -0.1) is 0 Å². The Labute approximate surface area is 157 Å². The number of aromatic nitrogens is 4. The molecule has 0 unspecified atom stereocenters. The molecule has 0 fully saturated rings. The summed E-state index contributed by atoms with van der Waals surface area (Å²) in [5, 5.41) is 11.3. The first-order valence-corrected chi connectivity index (χ1v) is 9.10. The smallest absolute Gasteiger partial charge is 0.315 e. The molecule has 1 aliphatic rings. The summed E-state index contributed by atoms with van der Waals surface area (Å²) in [5.41, 5.74) is 7.14. The lowest BCUT2D eigenvalue weighted by Gasteiger charge is -2.16. The van der Waals surface area contributed by atoms with Crippen LogP contribution in [0.25, 0.3) is 0 Å². The summed E-state index contributed by atoms with van der Waals surface area (Å²) in [7, 11) is 0. The molecule has 3 N–H and O–H groups in total. The fraction of sp³-hybridized carbons (Fsp3) is 0.588. The second-order valence-electron chi connectivity index (χ2n) is 7.02. The maximum Gasteiger partial charge on any atom is 0.315 e. The van der Waals surface area contributed by atoms with Crippen molar-refractivity contribution in [3.8, 4) is 0 Å². The van der Waals surface area contributed by atoms with Gasteiger partial charge in [0, 0.05) is 38.5 Å². The largest absolute Gasteiger partial charge is 0.361 e. The number of hydrogen-bond donors (Lipinski definition) is 2. The number of rotatable bonds is 7. The van der Waals surface area contributed by atoms with Gasteiger partial charge in [-0.2, -0.15) is 10.1 Å². The van der Waals surface area contributed by atoms with Crippen LogP contribution in [0.5, 0.6) is 0 Å². The second kappa shape index (κ2) is 8.30. The molecule has 3 rings (SSSR count). The normalized spacial score (nSPS) is 14.8. The van der Waals surface area contributed by atoms with E-state index < -0.39 is 5.91 Å². The Kier molecular flexibility index (Phi) is 5.84. The van der Waals surface area contributed by atoms with E-state index in [1.54, 1.807) is 0 Å². The van der Waals surface area contributed by atoms with Crippen LogP contribution in [0, 0.1) is 0 Å². The van der Waals surface area contributed by atoms with E-state index in [0.29, 0.717) is 31.8 Å². The highest BCUT2D eigenvalue weighted by atomic mass is 16.5. The van der Waals surface area contributed by atoms with E-state index in [0.717, 1.165) is 30.9 Å². The van der Waals surface area contributed by atoms with Gasteiger partial charge >= 0.3 is 11.8 Å². The minimum atomic E-state index is -0.728. The van der Waals surface area contributed by atoms with Gasteiger partial charge in [0.15, 0.2) is 5.82 Å². The Bertz CT molecular complexity index is 811. The summed E-state index contributed by atoms with van der Waals surface area (Å²) in [6, 6.07) is 2.19. The number of nitrogens with one attached hydrogen (secondary N) is 1. The average molecular weight is 375 g/mol. The Hall–Kier alpha value is -2.75. The summed E-state index contributed by atoms with van der Waals surface area (Å²) >= 11 is 0. The SMILES string of the molecule is CC(C)NC(=O)CCc1cc2n(n1)CCCN(Cc1noc(C(N)=O)n1)C2. The van der Waals surface area contributed by atoms with Crippen LogP contribution in [-0.2, 0) is 30.8 Å². The monoisotopic (exact) mass is 375 g/mol. The van der Waals surface area contributed by atoms with E-state index in [1.165, 1.54) is 0 Å². The van der Waals surface area contributed by atoms with E-state index in [-0.39, 0.29) is 17.8 Å². The minimum absolute atomic E-state index is 0.0391. The molecule has 0 aromatic carbocycles. The van der Waals surface area contributed by atoms with Crippen LogP contribution in [0.3, 0.4) is 0 Å². The molecule has 1 aliphatic heterocycles. The Morgan fingerprint density at radius 3 is 2.89 bits per heavy atom. The Balaban J connectivity index is 1.60. The van der Waals surface area contributed by atoms with Crippen molar-refractivity contribution < 1.29 is 14.1 Å². The van der Waals surface area contributed by atoms with Crippen molar-refractivity contribution in [2.75, 3.05) is 6.54 Å². The lowest BCUT2D eigenvalue weighted by atomic mass is 10.2. The van der Waals surface area contributed by atoms with Crippen LogP contribution in [0.2, 0.25) is 0 Å². The molecular formula is C17H25N7O3. The average Bonchev–Trinajstić information content (AvgIpc) is 3.16. The van der Waals surface area contributed by atoms with Crippen LogP contribution < -0.4 is 11.1 Å². The third-order valence-electron chi connectivity index (χ3n) is 4.25. The van der Waals surface area contributed by atoms with Crippen molar-refractivity contribution in [2.24, 2.45) is 5.73 Å². The number of fused-ring (bicyclic) bond motifs is 1. The molecule has 10 nitrogen and oxygen atoms in total. The van der Waals surface area contributed by atoms with E-state index in [1.807, 2.05) is 24.6 Å². The highest BCUT2D eigenvalue weighted by molar-refractivity contribution is 5.87. The van der Waals surface area contributed by atoms with E-state index in [4.69, 9.17) is 10.3 Å². The molecule has 0 radical (unpaired) electrons. The number of carbonyl (C=O) groups is 2. The standard InChI is InChI=1S/C17H25N7O3/c1-11(2)19-15(25)5-4-12-8-13-9-23(6-3-7-24(13)21-12)10-14-20-17(16(18)26)27-22-14/h8,11H,3-7,9-10H2,1-2H3,(H2,18,26)(H,19,25). The fourth-order valence-corrected chi connectivity index (χ4v) is 3.10. The van der Waals surface area contributed by atoms with Crippen molar-refractivity contribution >= 4 is 11.8 Å². The van der Waals surface area contributed by atoms with E-state index >= 15 is 0 Å². The zero-order valence-electron chi connectivity index (χ0n) is 15.6.